The standard InChI is InChI=1S/C16H16ClNOS2/c1-3-4-8-21-15-10-12(5-6-14(15)17)18-16(19)13-7-9-20-11(13)2/h3-7,9-10H,8H2,1-2H3,(H,18,19)/b4-3+. The number of aryl methyl sites for hydroxylation is 1. The van der Waals surface area contributed by atoms with Crippen LogP contribution in [-0.2, 0) is 0 Å². The molecule has 5 heteroatoms. The average molecular weight is 338 g/mol. The van der Waals surface area contributed by atoms with Gasteiger partial charge in [0.2, 0.25) is 0 Å². The first-order valence-electron chi connectivity index (χ1n) is 6.50. The summed E-state index contributed by atoms with van der Waals surface area (Å²) in [6.07, 6.45) is 4.08. The van der Waals surface area contributed by atoms with Gasteiger partial charge in [0.15, 0.2) is 0 Å². The zero-order valence-corrected chi connectivity index (χ0v) is 14.2. The largest absolute Gasteiger partial charge is 0.322 e. The van der Waals surface area contributed by atoms with Crippen molar-refractivity contribution in [2.45, 2.75) is 18.7 Å². The van der Waals surface area contributed by atoms with E-state index in [0.717, 1.165) is 26.8 Å². The summed E-state index contributed by atoms with van der Waals surface area (Å²) in [6.45, 7) is 3.93. The molecule has 2 nitrogen and oxygen atoms in total. The second-order valence-corrected chi connectivity index (χ2v) is 6.96. The Morgan fingerprint density at radius 1 is 1.43 bits per heavy atom. The number of thioether (sulfide) groups is 1. The number of benzene rings is 1. The molecule has 1 N–H and O–H groups in total. The smallest absolute Gasteiger partial charge is 0.256 e. The van der Waals surface area contributed by atoms with Gasteiger partial charge in [-0.25, -0.2) is 0 Å². The lowest BCUT2D eigenvalue weighted by Crippen LogP contribution is -2.11. The third-order valence-corrected chi connectivity index (χ3v) is 5.16. The summed E-state index contributed by atoms with van der Waals surface area (Å²) in [5.74, 6) is 0.775. The molecule has 0 saturated heterocycles. The van der Waals surface area contributed by atoms with Crippen molar-refractivity contribution in [3.63, 3.8) is 0 Å². The van der Waals surface area contributed by atoms with Crippen LogP contribution in [0.3, 0.4) is 0 Å². The van der Waals surface area contributed by atoms with Gasteiger partial charge in [0, 0.05) is 21.2 Å². The third kappa shape index (κ3) is 4.37. The van der Waals surface area contributed by atoms with Crippen LogP contribution in [0.1, 0.15) is 22.2 Å². The number of thiophene rings is 1. The number of carbonyl (C=O) groups excluding carboxylic acids is 1. The first kappa shape index (κ1) is 16.1. The second-order valence-electron chi connectivity index (χ2n) is 4.37. The maximum Gasteiger partial charge on any atom is 0.256 e. The van der Waals surface area contributed by atoms with E-state index in [1.807, 2.05) is 49.6 Å². The Morgan fingerprint density at radius 3 is 2.90 bits per heavy atom. The molecule has 0 radical (unpaired) electrons. The Bertz CT molecular complexity index is 664. The van der Waals surface area contributed by atoms with Crippen LogP contribution in [-0.4, -0.2) is 11.7 Å². The van der Waals surface area contributed by atoms with E-state index >= 15 is 0 Å². The van der Waals surface area contributed by atoms with Crippen molar-refractivity contribution < 1.29 is 4.79 Å². The van der Waals surface area contributed by atoms with E-state index in [-0.39, 0.29) is 5.91 Å². The fraction of sp³-hybridized carbons (Fsp3) is 0.188. The van der Waals surface area contributed by atoms with Crippen molar-refractivity contribution in [3.8, 4) is 0 Å². The van der Waals surface area contributed by atoms with Gasteiger partial charge in [-0.05, 0) is 43.5 Å². The van der Waals surface area contributed by atoms with Gasteiger partial charge in [0.25, 0.3) is 5.91 Å². The van der Waals surface area contributed by atoms with Crippen LogP contribution in [0.5, 0.6) is 0 Å². The van der Waals surface area contributed by atoms with Crippen molar-refractivity contribution in [1.82, 2.24) is 0 Å². The highest BCUT2D eigenvalue weighted by Gasteiger charge is 2.11. The van der Waals surface area contributed by atoms with Crippen LogP contribution in [0.4, 0.5) is 5.69 Å². The molecule has 0 saturated carbocycles. The van der Waals surface area contributed by atoms with Crippen LogP contribution >= 0.6 is 34.7 Å². The van der Waals surface area contributed by atoms with E-state index in [1.54, 1.807) is 23.1 Å². The van der Waals surface area contributed by atoms with Gasteiger partial charge in [-0.1, -0.05) is 23.8 Å². The lowest BCUT2D eigenvalue weighted by atomic mass is 10.2. The topological polar surface area (TPSA) is 29.1 Å². The lowest BCUT2D eigenvalue weighted by Gasteiger charge is -2.08. The maximum absolute atomic E-state index is 12.2. The number of hydrogen-bond acceptors (Lipinski definition) is 3. The molecule has 110 valence electrons. The molecule has 0 aliphatic rings. The molecule has 0 spiro atoms. The first-order chi connectivity index (χ1) is 10.1. The van der Waals surface area contributed by atoms with E-state index < -0.39 is 0 Å². The summed E-state index contributed by atoms with van der Waals surface area (Å²) in [5, 5.41) is 5.54. The molecular formula is C16H16ClNOS2. The fourth-order valence-corrected chi connectivity index (χ4v) is 3.61. The normalized spacial score (nSPS) is 11.0. The number of hydrogen-bond donors (Lipinski definition) is 1. The van der Waals surface area contributed by atoms with Gasteiger partial charge in [-0.2, -0.15) is 0 Å². The van der Waals surface area contributed by atoms with Crippen molar-refractivity contribution in [3.05, 3.63) is 57.3 Å². The first-order valence-corrected chi connectivity index (χ1v) is 8.75. The van der Waals surface area contributed by atoms with E-state index in [1.165, 1.54) is 0 Å². The predicted molar refractivity (Wildman–Crippen MR) is 94.0 cm³/mol. The predicted octanol–water partition coefficient (Wildman–Crippen LogP) is 5.63. The van der Waals surface area contributed by atoms with E-state index in [2.05, 4.69) is 11.4 Å². The third-order valence-electron chi connectivity index (χ3n) is 2.86. The average Bonchev–Trinajstić information content (AvgIpc) is 2.89. The molecule has 0 fully saturated rings. The molecule has 1 aromatic carbocycles. The number of anilines is 1. The minimum atomic E-state index is -0.0829. The Kier molecular flexibility index (Phi) is 5.91. The lowest BCUT2D eigenvalue weighted by molar-refractivity contribution is 0.102. The van der Waals surface area contributed by atoms with Gasteiger partial charge in [-0.15, -0.1) is 23.1 Å². The molecule has 0 bridgehead atoms. The highest BCUT2D eigenvalue weighted by atomic mass is 35.5. The number of allylic oxidation sites excluding steroid dienone is 1. The Morgan fingerprint density at radius 2 is 2.24 bits per heavy atom. The quantitative estimate of drug-likeness (QED) is 0.565. The van der Waals surface area contributed by atoms with Gasteiger partial charge >= 0.3 is 0 Å². The second kappa shape index (κ2) is 7.69. The monoisotopic (exact) mass is 337 g/mol. The summed E-state index contributed by atoms with van der Waals surface area (Å²) < 4.78 is 0. The Hall–Kier alpha value is -1.23. The molecule has 21 heavy (non-hydrogen) atoms. The molecule has 0 atom stereocenters. The zero-order valence-electron chi connectivity index (χ0n) is 11.9. The van der Waals surface area contributed by atoms with E-state index in [4.69, 9.17) is 11.6 Å². The summed E-state index contributed by atoms with van der Waals surface area (Å²) in [5.41, 5.74) is 1.48. The van der Waals surface area contributed by atoms with Crippen LogP contribution in [0, 0.1) is 6.92 Å². The molecule has 0 aliphatic heterocycles. The molecule has 1 heterocycles. The van der Waals surface area contributed by atoms with Crippen molar-refractivity contribution in [2.24, 2.45) is 0 Å². The SMILES string of the molecule is C/C=C/CSc1cc(NC(=O)c2ccsc2C)ccc1Cl. The summed E-state index contributed by atoms with van der Waals surface area (Å²) in [6, 6.07) is 7.39. The number of rotatable bonds is 5. The Balaban J connectivity index is 2.12. The highest BCUT2D eigenvalue weighted by molar-refractivity contribution is 7.99. The number of carbonyl (C=O) groups is 1. The van der Waals surface area contributed by atoms with Crippen LogP contribution in [0.25, 0.3) is 0 Å². The number of amides is 1. The van der Waals surface area contributed by atoms with Gasteiger partial charge in [0.1, 0.15) is 0 Å². The summed E-state index contributed by atoms with van der Waals surface area (Å²) in [4.78, 5) is 14.2. The summed E-state index contributed by atoms with van der Waals surface area (Å²) in [7, 11) is 0. The van der Waals surface area contributed by atoms with Gasteiger partial charge in [-0.3, -0.25) is 4.79 Å². The van der Waals surface area contributed by atoms with Crippen LogP contribution < -0.4 is 5.32 Å². The minimum absolute atomic E-state index is 0.0829. The van der Waals surface area contributed by atoms with Gasteiger partial charge < -0.3 is 5.32 Å². The van der Waals surface area contributed by atoms with Crippen LogP contribution in [0.2, 0.25) is 5.02 Å². The van der Waals surface area contributed by atoms with E-state index in [9.17, 15) is 4.79 Å². The fourth-order valence-electron chi connectivity index (χ4n) is 1.74. The minimum Gasteiger partial charge on any atom is -0.322 e. The highest BCUT2D eigenvalue weighted by Crippen LogP contribution is 2.30. The molecule has 2 rings (SSSR count). The van der Waals surface area contributed by atoms with Crippen molar-refractivity contribution in [2.75, 3.05) is 11.1 Å². The molecule has 2 aromatic rings. The number of nitrogens with one attached hydrogen (secondary N) is 1. The van der Waals surface area contributed by atoms with E-state index in [0.29, 0.717) is 5.02 Å². The van der Waals surface area contributed by atoms with Gasteiger partial charge in [0.05, 0.1) is 10.6 Å². The number of halogens is 1. The van der Waals surface area contributed by atoms with Crippen molar-refractivity contribution in [1.29, 1.82) is 0 Å². The molecule has 1 aromatic heterocycles. The Labute approximate surface area is 138 Å². The summed E-state index contributed by atoms with van der Waals surface area (Å²) >= 11 is 9.39. The van der Waals surface area contributed by atoms with Crippen LogP contribution in [0.15, 0.2) is 46.7 Å². The molecule has 0 aliphatic carbocycles. The zero-order chi connectivity index (χ0) is 15.2. The van der Waals surface area contributed by atoms with Crippen molar-refractivity contribution >= 4 is 46.3 Å². The molecule has 1 amide bonds. The molecular weight excluding hydrogens is 322 g/mol. The molecule has 0 unspecified atom stereocenters. The maximum atomic E-state index is 12.2.